The van der Waals surface area contributed by atoms with E-state index in [-0.39, 0.29) is 0 Å². The topological polar surface area (TPSA) is 26.0 Å². The van der Waals surface area contributed by atoms with E-state index in [1.165, 1.54) is 11.1 Å². The molecule has 2 nitrogen and oxygen atoms in total. The van der Waals surface area contributed by atoms with Crippen LogP contribution in [0.25, 0.3) is 33.1 Å². The number of fused-ring (bicyclic) bond motifs is 2. The molecule has 19 heavy (non-hydrogen) atoms. The van der Waals surface area contributed by atoms with Crippen LogP contribution in [0.5, 0.6) is 0 Å². The summed E-state index contributed by atoms with van der Waals surface area (Å²) < 4.78 is 5.48. The summed E-state index contributed by atoms with van der Waals surface area (Å²) in [5.41, 5.74) is 4.03. The van der Waals surface area contributed by atoms with E-state index in [1.807, 2.05) is 30.3 Å². The largest absolute Gasteiger partial charge is 0.446 e. The number of hydrogen-bond donors (Lipinski definition) is 0. The summed E-state index contributed by atoms with van der Waals surface area (Å²) in [6, 6.07) is 20.5. The Morgan fingerprint density at radius 3 is 2.42 bits per heavy atom. The van der Waals surface area contributed by atoms with Crippen molar-refractivity contribution in [3.63, 3.8) is 0 Å². The lowest BCUT2D eigenvalue weighted by Crippen LogP contribution is -1.86. The van der Waals surface area contributed by atoms with Crippen LogP contribution in [0.3, 0.4) is 0 Å². The molecule has 2 heterocycles. The summed E-state index contributed by atoms with van der Waals surface area (Å²) in [6.07, 6.45) is 1.70. The number of furan rings is 1. The molecular formula is C17H11NO. The third-order valence-electron chi connectivity index (χ3n) is 3.37. The van der Waals surface area contributed by atoms with E-state index in [0.717, 1.165) is 16.3 Å². The van der Waals surface area contributed by atoms with Gasteiger partial charge in [0, 0.05) is 16.3 Å². The Morgan fingerprint density at radius 2 is 1.53 bits per heavy atom. The van der Waals surface area contributed by atoms with Gasteiger partial charge in [-0.1, -0.05) is 48.5 Å². The standard InChI is InChI=1S/C17H11NO/c1-2-6-12(7-3-1)16-13-8-4-5-9-15(13)18-17-14(16)10-11-19-17/h1-11H. The van der Waals surface area contributed by atoms with Gasteiger partial charge >= 0.3 is 0 Å². The summed E-state index contributed by atoms with van der Waals surface area (Å²) in [4.78, 5) is 4.56. The summed E-state index contributed by atoms with van der Waals surface area (Å²) in [5, 5.41) is 2.22. The Kier molecular flexibility index (Phi) is 2.15. The van der Waals surface area contributed by atoms with Crippen LogP contribution in [0.4, 0.5) is 0 Å². The van der Waals surface area contributed by atoms with Crippen molar-refractivity contribution in [2.75, 3.05) is 0 Å². The van der Waals surface area contributed by atoms with Crippen molar-refractivity contribution in [1.29, 1.82) is 0 Å². The van der Waals surface area contributed by atoms with Crippen molar-refractivity contribution >= 4 is 22.0 Å². The lowest BCUT2D eigenvalue weighted by Gasteiger charge is -2.07. The molecule has 0 saturated carbocycles. The first kappa shape index (κ1) is 10.3. The minimum absolute atomic E-state index is 0.692. The Bertz CT molecular complexity index is 862. The van der Waals surface area contributed by atoms with Crippen LogP contribution in [-0.4, -0.2) is 4.98 Å². The van der Waals surface area contributed by atoms with Gasteiger partial charge < -0.3 is 4.42 Å². The highest BCUT2D eigenvalue weighted by molar-refractivity contribution is 6.08. The molecule has 0 radical (unpaired) electrons. The Balaban J connectivity index is 2.23. The fraction of sp³-hybridized carbons (Fsp3) is 0. The van der Waals surface area contributed by atoms with Crippen molar-refractivity contribution < 1.29 is 4.42 Å². The van der Waals surface area contributed by atoms with Crippen molar-refractivity contribution in [2.24, 2.45) is 0 Å². The van der Waals surface area contributed by atoms with E-state index in [4.69, 9.17) is 4.42 Å². The molecule has 0 aliphatic carbocycles. The second kappa shape index (κ2) is 3.95. The molecule has 4 rings (SSSR count). The molecule has 0 unspecified atom stereocenters. The maximum absolute atomic E-state index is 5.48. The number of rotatable bonds is 1. The highest BCUT2D eigenvalue weighted by Crippen LogP contribution is 2.34. The minimum atomic E-state index is 0.692. The average molecular weight is 245 g/mol. The van der Waals surface area contributed by atoms with Crippen LogP contribution < -0.4 is 0 Å². The molecule has 0 amide bonds. The SMILES string of the molecule is c1ccc(-c2c3ccccc3nc3occc23)cc1. The van der Waals surface area contributed by atoms with E-state index in [0.29, 0.717) is 5.71 Å². The van der Waals surface area contributed by atoms with Gasteiger partial charge in [0.2, 0.25) is 5.71 Å². The number of para-hydroxylation sites is 1. The van der Waals surface area contributed by atoms with E-state index in [9.17, 15) is 0 Å². The summed E-state index contributed by atoms with van der Waals surface area (Å²) in [6.45, 7) is 0. The van der Waals surface area contributed by atoms with Crippen molar-refractivity contribution in [3.05, 3.63) is 66.9 Å². The molecule has 0 fully saturated rings. The molecule has 2 heteroatoms. The summed E-state index contributed by atoms with van der Waals surface area (Å²) >= 11 is 0. The number of nitrogens with zero attached hydrogens (tertiary/aromatic N) is 1. The van der Waals surface area contributed by atoms with Gasteiger partial charge in [0.25, 0.3) is 0 Å². The fourth-order valence-corrected chi connectivity index (χ4v) is 2.53. The molecule has 90 valence electrons. The van der Waals surface area contributed by atoms with Crippen LogP contribution in [-0.2, 0) is 0 Å². The smallest absolute Gasteiger partial charge is 0.227 e. The Morgan fingerprint density at radius 1 is 0.737 bits per heavy atom. The highest BCUT2D eigenvalue weighted by atomic mass is 16.3. The monoisotopic (exact) mass is 245 g/mol. The van der Waals surface area contributed by atoms with Gasteiger partial charge in [0.15, 0.2) is 0 Å². The zero-order valence-electron chi connectivity index (χ0n) is 10.2. The molecular weight excluding hydrogens is 234 g/mol. The fourth-order valence-electron chi connectivity index (χ4n) is 2.53. The van der Waals surface area contributed by atoms with Crippen LogP contribution >= 0.6 is 0 Å². The molecule has 0 aliphatic rings. The van der Waals surface area contributed by atoms with Gasteiger partial charge in [-0.2, -0.15) is 0 Å². The van der Waals surface area contributed by atoms with Crippen LogP contribution in [0.1, 0.15) is 0 Å². The van der Waals surface area contributed by atoms with Gasteiger partial charge in [0.1, 0.15) is 0 Å². The average Bonchev–Trinajstić information content (AvgIpc) is 2.93. The second-order valence-corrected chi connectivity index (χ2v) is 4.51. The third kappa shape index (κ3) is 1.54. The van der Waals surface area contributed by atoms with Crippen LogP contribution in [0.15, 0.2) is 71.3 Å². The molecule has 0 bridgehead atoms. The van der Waals surface area contributed by atoms with E-state index in [1.54, 1.807) is 6.26 Å². The highest BCUT2D eigenvalue weighted by Gasteiger charge is 2.12. The zero-order chi connectivity index (χ0) is 12.7. The predicted molar refractivity (Wildman–Crippen MR) is 77.0 cm³/mol. The number of pyridine rings is 1. The normalized spacial score (nSPS) is 11.2. The first-order chi connectivity index (χ1) is 9.43. The third-order valence-corrected chi connectivity index (χ3v) is 3.37. The number of hydrogen-bond acceptors (Lipinski definition) is 2. The molecule has 0 saturated heterocycles. The summed E-state index contributed by atoms with van der Waals surface area (Å²) in [5.74, 6) is 0. The van der Waals surface area contributed by atoms with E-state index in [2.05, 4.69) is 35.3 Å². The van der Waals surface area contributed by atoms with Gasteiger partial charge in [0.05, 0.1) is 11.8 Å². The molecule has 2 aromatic heterocycles. The molecule has 0 aliphatic heterocycles. The lowest BCUT2D eigenvalue weighted by molar-refractivity contribution is 0.605. The summed E-state index contributed by atoms with van der Waals surface area (Å²) in [7, 11) is 0. The van der Waals surface area contributed by atoms with Gasteiger partial charge in [-0.25, -0.2) is 4.98 Å². The second-order valence-electron chi connectivity index (χ2n) is 4.51. The number of benzene rings is 2. The Labute approximate surface area is 110 Å². The zero-order valence-corrected chi connectivity index (χ0v) is 10.2. The maximum atomic E-state index is 5.48. The number of aromatic nitrogens is 1. The first-order valence-electron chi connectivity index (χ1n) is 6.25. The maximum Gasteiger partial charge on any atom is 0.227 e. The van der Waals surface area contributed by atoms with Crippen molar-refractivity contribution in [3.8, 4) is 11.1 Å². The van der Waals surface area contributed by atoms with E-state index < -0.39 is 0 Å². The van der Waals surface area contributed by atoms with Crippen molar-refractivity contribution in [2.45, 2.75) is 0 Å². The van der Waals surface area contributed by atoms with E-state index >= 15 is 0 Å². The molecule has 0 spiro atoms. The first-order valence-corrected chi connectivity index (χ1v) is 6.25. The molecule has 0 atom stereocenters. The predicted octanol–water partition coefficient (Wildman–Crippen LogP) is 4.65. The molecule has 2 aromatic carbocycles. The Hall–Kier alpha value is -2.61. The minimum Gasteiger partial charge on any atom is -0.446 e. The van der Waals surface area contributed by atoms with Gasteiger partial charge in [-0.3, -0.25) is 0 Å². The lowest BCUT2D eigenvalue weighted by atomic mass is 9.98. The van der Waals surface area contributed by atoms with Crippen LogP contribution in [0, 0.1) is 0 Å². The van der Waals surface area contributed by atoms with Crippen LogP contribution in [0.2, 0.25) is 0 Å². The molecule has 0 N–H and O–H groups in total. The van der Waals surface area contributed by atoms with Gasteiger partial charge in [-0.15, -0.1) is 0 Å². The molecule has 4 aromatic rings. The van der Waals surface area contributed by atoms with Gasteiger partial charge in [-0.05, 0) is 17.7 Å². The quantitative estimate of drug-likeness (QED) is 0.488. The van der Waals surface area contributed by atoms with Crippen molar-refractivity contribution in [1.82, 2.24) is 4.98 Å².